The maximum Gasteiger partial charge on any atom is 0.318 e. The van der Waals surface area contributed by atoms with E-state index in [-0.39, 0.29) is 5.92 Å². The van der Waals surface area contributed by atoms with Crippen molar-refractivity contribution < 1.29 is 9.47 Å². The van der Waals surface area contributed by atoms with Crippen molar-refractivity contribution in [1.29, 1.82) is 0 Å². The molecule has 5 heteroatoms. The van der Waals surface area contributed by atoms with Crippen LogP contribution in [0.2, 0.25) is 0 Å². The van der Waals surface area contributed by atoms with Gasteiger partial charge in [0.2, 0.25) is 0 Å². The Bertz CT molecular complexity index is 432. The van der Waals surface area contributed by atoms with Gasteiger partial charge in [0, 0.05) is 6.04 Å². The standard InChI is InChI=1S/C13H21N3O2/c1-8(2)10-11-12(15-13(14-10)17-5)16(9(3)4)6-7-18-11/h8-9H,6-7H2,1-5H3. The van der Waals surface area contributed by atoms with Crippen LogP contribution < -0.4 is 14.4 Å². The summed E-state index contributed by atoms with van der Waals surface area (Å²) in [5.41, 5.74) is 0.919. The summed E-state index contributed by atoms with van der Waals surface area (Å²) in [7, 11) is 1.59. The fourth-order valence-corrected chi connectivity index (χ4v) is 2.11. The molecule has 1 aromatic rings. The highest BCUT2D eigenvalue weighted by atomic mass is 16.5. The first kappa shape index (κ1) is 12.9. The summed E-state index contributed by atoms with van der Waals surface area (Å²) < 4.78 is 11.0. The average molecular weight is 251 g/mol. The van der Waals surface area contributed by atoms with E-state index in [1.54, 1.807) is 7.11 Å². The van der Waals surface area contributed by atoms with Gasteiger partial charge in [0.15, 0.2) is 11.6 Å². The van der Waals surface area contributed by atoms with E-state index in [1.165, 1.54) is 0 Å². The number of nitrogens with zero attached hydrogens (tertiary/aromatic N) is 3. The highest BCUT2D eigenvalue weighted by Crippen LogP contribution is 2.37. The molecule has 0 aromatic carbocycles. The van der Waals surface area contributed by atoms with Crippen molar-refractivity contribution >= 4 is 5.82 Å². The minimum atomic E-state index is 0.280. The molecule has 0 bridgehead atoms. The number of anilines is 1. The second-order valence-electron chi connectivity index (χ2n) is 5.04. The summed E-state index contributed by atoms with van der Waals surface area (Å²) in [5, 5.41) is 0. The number of fused-ring (bicyclic) bond motifs is 1. The molecule has 18 heavy (non-hydrogen) atoms. The lowest BCUT2D eigenvalue weighted by Crippen LogP contribution is -2.39. The second kappa shape index (κ2) is 5.00. The van der Waals surface area contributed by atoms with Crippen LogP contribution in [0, 0.1) is 0 Å². The number of rotatable bonds is 3. The molecule has 100 valence electrons. The first-order chi connectivity index (χ1) is 8.54. The SMILES string of the molecule is COc1nc(C(C)C)c2c(n1)N(C(C)C)CCO2. The van der Waals surface area contributed by atoms with Crippen molar-refractivity contribution in [3.8, 4) is 11.8 Å². The van der Waals surface area contributed by atoms with E-state index in [0.29, 0.717) is 18.7 Å². The van der Waals surface area contributed by atoms with E-state index in [2.05, 4.69) is 42.6 Å². The van der Waals surface area contributed by atoms with Gasteiger partial charge in [0.25, 0.3) is 0 Å². The quantitative estimate of drug-likeness (QED) is 0.824. The molecule has 0 unspecified atom stereocenters. The highest BCUT2D eigenvalue weighted by molar-refractivity contribution is 5.58. The predicted octanol–water partition coefficient (Wildman–Crippen LogP) is 2.22. The smallest absolute Gasteiger partial charge is 0.318 e. The zero-order valence-corrected chi connectivity index (χ0v) is 11.7. The van der Waals surface area contributed by atoms with E-state index in [9.17, 15) is 0 Å². The van der Waals surface area contributed by atoms with E-state index >= 15 is 0 Å². The van der Waals surface area contributed by atoms with Gasteiger partial charge in [-0.15, -0.1) is 0 Å². The van der Waals surface area contributed by atoms with Gasteiger partial charge >= 0.3 is 6.01 Å². The van der Waals surface area contributed by atoms with E-state index in [1.807, 2.05) is 0 Å². The van der Waals surface area contributed by atoms with Crippen LogP contribution in [0.1, 0.15) is 39.3 Å². The zero-order chi connectivity index (χ0) is 13.3. The molecule has 0 saturated heterocycles. The summed E-state index contributed by atoms with van der Waals surface area (Å²) in [4.78, 5) is 11.1. The number of hydrogen-bond donors (Lipinski definition) is 0. The van der Waals surface area contributed by atoms with Gasteiger partial charge < -0.3 is 14.4 Å². The Kier molecular flexibility index (Phi) is 3.59. The highest BCUT2D eigenvalue weighted by Gasteiger charge is 2.27. The maximum atomic E-state index is 5.77. The van der Waals surface area contributed by atoms with E-state index < -0.39 is 0 Å². The van der Waals surface area contributed by atoms with Crippen molar-refractivity contribution in [2.24, 2.45) is 0 Å². The van der Waals surface area contributed by atoms with E-state index in [0.717, 1.165) is 23.8 Å². The Morgan fingerprint density at radius 1 is 1.22 bits per heavy atom. The Hall–Kier alpha value is -1.52. The molecule has 1 aromatic heterocycles. The molecule has 0 spiro atoms. The fourth-order valence-electron chi connectivity index (χ4n) is 2.11. The summed E-state index contributed by atoms with van der Waals surface area (Å²) in [5.74, 6) is 1.94. The Labute approximate surface area is 108 Å². The lowest BCUT2D eigenvalue weighted by atomic mass is 10.1. The molecule has 1 aliphatic rings. The third kappa shape index (κ3) is 2.21. The van der Waals surface area contributed by atoms with Gasteiger partial charge in [-0.1, -0.05) is 13.8 Å². The second-order valence-corrected chi connectivity index (χ2v) is 5.04. The number of hydrogen-bond acceptors (Lipinski definition) is 5. The Morgan fingerprint density at radius 2 is 1.94 bits per heavy atom. The van der Waals surface area contributed by atoms with Crippen LogP contribution in [-0.2, 0) is 0 Å². The Morgan fingerprint density at radius 3 is 2.50 bits per heavy atom. The minimum absolute atomic E-state index is 0.280. The summed E-state index contributed by atoms with van der Waals surface area (Å²) >= 11 is 0. The first-order valence-electron chi connectivity index (χ1n) is 6.40. The van der Waals surface area contributed by atoms with Crippen LogP contribution in [0.4, 0.5) is 5.82 Å². The van der Waals surface area contributed by atoms with Gasteiger partial charge in [-0.3, -0.25) is 0 Å². The Balaban J connectivity index is 2.55. The molecule has 0 saturated carbocycles. The fraction of sp³-hybridized carbons (Fsp3) is 0.692. The van der Waals surface area contributed by atoms with Crippen molar-refractivity contribution in [2.75, 3.05) is 25.2 Å². The van der Waals surface area contributed by atoms with Crippen molar-refractivity contribution in [3.63, 3.8) is 0 Å². The van der Waals surface area contributed by atoms with Gasteiger partial charge in [0.05, 0.1) is 19.3 Å². The van der Waals surface area contributed by atoms with Crippen LogP contribution in [0.3, 0.4) is 0 Å². The van der Waals surface area contributed by atoms with E-state index in [4.69, 9.17) is 9.47 Å². The van der Waals surface area contributed by atoms with Gasteiger partial charge in [-0.25, -0.2) is 0 Å². The molecule has 0 atom stereocenters. The lowest BCUT2D eigenvalue weighted by Gasteiger charge is -2.34. The van der Waals surface area contributed by atoms with Crippen molar-refractivity contribution in [1.82, 2.24) is 9.97 Å². The van der Waals surface area contributed by atoms with Gasteiger partial charge in [-0.2, -0.15) is 9.97 Å². The molecule has 0 N–H and O–H groups in total. The topological polar surface area (TPSA) is 47.5 Å². The van der Waals surface area contributed by atoms with Crippen LogP contribution in [0.25, 0.3) is 0 Å². The molecule has 1 aliphatic heterocycles. The third-order valence-corrected chi connectivity index (χ3v) is 3.06. The molecule has 0 radical (unpaired) electrons. The molecular formula is C13H21N3O2. The minimum Gasteiger partial charge on any atom is -0.486 e. The zero-order valence-electron chi connectivity index (χ0n) is 11.7. The van der Waals surface area contributed by atoms with Crippen molar-refractivity contribution in [3.05, 3.63) is 5.69 Å². The molecule has 0 amide bonds. The van der Waals surface area contributed by atoms with Gasteiger partial charge in [-0.05, 0) is 19.8 Å². The van der Waals surface area contributed by atoms with Crippen molar-refractivity contribution in [2.45, 2.75) is 39.7 Å². The summed E-state index contributed by atoms with van der Waals surface area (Å²) in [6.07, 6.45) is 0. The van der Waals surface area contributed by atoms with Crippen LogP contribution in [0.15, 0.2) is 0 Å². The number of ether oxygens (including phenoxy) is 2. The summed E-state index contributed by atoms with van der Waals surface area (Å²) in [6, 6.07) is 0.792. The summed E-state index contributed by atoms with van der Waals surface area (Å²) in [6.45, 7) is 10.0. The largest absolute Gasteiger partial charge is 0.486 e. The van der Waals surface area contributed by atoms with Gasteiger partial charge in [0.1, 0.15) is 6.61 Å². The monoisotopic (exact) mass is 251 g/mol. The van der Waals surface area contributed by atoms with Crippen LogP contribution in [0.5, 0.6) is 11.8 Å². The predicted molar refractivity (Wildman–Crippen MR) is 70.7 cm³/mol. The third-order valence-electron chi connectivity index (χ3n) is 3.06. The normalized spacial score (nSPS) is 14.7. The average Bonchev–Trinajstić information content (AvgIpc) is 2.36. The lowest BCUT2D eigenvalue weighted by molar-refractivity contribution is 0.288. The molecule has 5 nitrogen and oxygen atoms in total. The molecule has 2 rings (SSSR count). The van der Waals surface area contributed by atoms with Crippen LogP contribution >= 0.6 is 0 Å². The number of aromatic nitrogens is 2. The molecule has 0 fully saturated rings. The molecule has 0 aliphatic carbocycles. The maximum absolute atomic E-state index is 5.77. The molecular weight excluding hydrogens is 230 g/mol. The first-order valence-corrected chi connectivity index (χ1v) is 6.40. The van der Waals surface area contributed by atoms with Crippen LogP contribution in [-0.4, -0.2) is 36.3 Å². The molecule has 2 heterocycles. The number of methoxy groups -OCH3 is 1.